The van der Waals surface area contributed by atoms with Crippen molar-refractivity contribution in [1.29, 1.82) is 0 Å². The van der Waals surface area contributed by atoms with Crippen molar-refractivity contribution in [2.45, 2.75) is 20.5 Å². The number of benzene rings is 1. The summed E-state index contributed by atoms with van der Waals surface area (Å²) in [4.78, 5) is 20.2. The molecule has 0 N–H and O–H groups in total. The van der Waals surface area contributed by atoms with E-state index < -0.39 is 0 Å². The summed E-state index contributed by atoms with van der Waals surface area (Å²) in [6, 6.07) is 10.1. The molecule has 4 rings (SSSR count). The van der Waals surface area contributed by atoms with Crippen LogP contribution in [0.2, 0.25) is 0 Å². The molecule has 128 valence electrons. The van der Waals surface area contributed by atoms with E-state index in [-0.39, 0.29) is 5.56 Å². The quantitative estimate of drug-likeness (QED) is 0.547. The van der Waals surface area contributed by atoms with Crippen molar-refractivity contribution in [1.82, 2.24) is 4.57 Å². The summed E-state index contributed by atoms with van der Waals surface area (Å²) < 4.78 is 8.71. The van der Waals surface area contributed by atoms with Gasteiger partial charge in [-0.2, -0.15) is 0 Å². The lowest BCUT2D eigenvalue weighted by Crippen LogP contribution is -2.42. The van der Waals surface area contributed by atoms with E-state index in [1.54, 1.807) is 10.6 Å². The third-order valence-electron chi connectivity index (χ3n) is 4.02. The molecular weight excluding hydrogens is 449 g/mol. The number of halogens is 1. The molecule has 25 heavy (non-hydrogen) atoms. The van der Waals surface area contributed by atoms with Gasteiger partial charge in [0.1, 0.15) is 19.1 Å². The highest BCUT2D eigenvalue weighted by Crippen LogP contribution is 2.19. The Morgan fingerprint density at radius 2 is 2.00 bits per heavy atom. The standard InChI is InChI=1S/C18H16IN3O2S/c1-11-5-12(2)7-13(6-11)21-9-20-18-22(10-21)17(23)15(25-18)8-14-3-4-16(19)24-14/h3-8H,9-10H2,1-2H3/b15-8-. The molecule has 1 aliphatic rings. The maximum absolute atomic E-state index is 12.7. The summed E-state index contributed by atoms with van der Waals surface area (Å²) >= 11 is 3.52. The van der Waals surface area contributed by atoms with Crippen molar-refractivity contribution < 1.29 is 4.42 Å². The summed E-state index contributed by atoms with van der Waals surface area (Å²) in [5, 5.41) is 0. The minimum atomic E-state index is -0.0239. The first kappa shape index (κ1) is 16.6. The van der Waals surface area contributed by atoms with Crippen LogP contribution in [0.5, 0.6) is 0 Å². The smallest absolute Gasteiger partial charge is 0.271 e. The van der Waals surface area contributed by atoms with Crippen LogP contribution in [-0.2, 0) is 6.67 Å². The number of furan rings is 1. The van der Waals surface area contributed by atoms with E-state index in [4.69, 9.17) is 4.42 Å². The Labute approximate surface area is 162 Å². The average Bonchev–Trinajstić information content (AvgIpc) is 3.10. The molecule has 5 nitrogen and oxygen atoms in total. The second-order valence-corrected chi connectivity index (χ2v) is 8.17. The second-order valence-electron chi connectivity index (χ2n) is 6.09. The highest BCUT2D eigenvalue weighted by molar-refractivity contribution is 14.1. The molecule has 1 aromatic carbocycles. The lowest BCUT2D eigenvalue weighted by Gasteiger charge is -2.26. The molecule has 0 saturated carbocycles. The molecule has 0 fully saturated rings. The topological polar surface area (TPSA) is 50.7 Å². The monoisotopic (exact) mass is 465 g/mol. The van der Waals surface area contributed by atoms with E-state index in [2.05, 4.69) is 64.5 Å². The van der Waals surface area contributed by atoms with Gasteiger partial charge in [-0.05, 0) is 71.8 Å². The highest BCUT2D eigenvalue weighted by atomic mass is 127. The maximum atomic E-state index is 12.7. The lowest BCUT2D eigenvalue weighted by molar-refractivity contribution is 0.528. The zero-order chi connectivity index (χ0) is 17.6. The fourth-order valence-electron chi connectivity index (χ4n) is 2.94. The number of nitrogens with zero attached hydrogens (tertiary/aromatic N) is 3. The molecule has 0 atom stereocenters. The fraction of sp³-hybridized carbons (Fsp3) is 0.222. The zero-order valence-corrected chi connectivity index (χ0v) is 16.8. The Morgan fingerprint density at radius 1 is 1.24 bits per heavy atom. The van der Waals surface area contributed by atoms with Crippen molar-refractivity contribution in [2.24, 2.45) is 4.99 Å². The number of rotatable bonds is 2. The van der Waals surface area contributed by atoms with Gasteiger partial charge in [0, 0.05) is 11.8 Å². The van der Waals surface area contributed by atoms with Gasteiger partial charge in [0.15, 0.2) is 8.57 Å². The minimum Gasteiger partial charge on any atom is -0.451 e. The first-order valence-corrected chi connectivity index (χ1v) is 9.73. The van der Waals surface area contributed by atoms with Crippen LogP contribution in [0.15, 0.2) is 44.5 Å². The molecule has 0 unspecified atom stereocenters. The van der Waals surface area contributed by atoms with E-state index in [0.29, 0.717) is 23.6 Å². The predicted molar refractivity (Wildman–Crippen MR) is 108 cm³/mol. The summed E-state index contributed by atoms with van der Waals surface area (Å²) in [7, 11) is 0. The Kier molecular flexibility index (Phi) is 4.28. The molecule has 7 heteroatoms. The van der Waals surface area contributed by atoms with Gasteiger partial charge < -0.3 is 9.32 Å². The molecule has 0 saturated heterocycles. The molecule has 0 spiro atoms. The third-order valence-corrected chi connectivity index (χ3v) is 5.64. The maximum Gasteiger partial charge on any atom is 0.271 e. The number of hydrogen-bond acceptors (Lipinski definition) is 5. The van der Waals surface area contributed by atoms with Gasteiger partial charge in [0.2, 0.25) is 0 Å². The third kappa shape index (κ3) is 3.30. The lowest BCUT2D eigenvalue weighted by atomic mass is 10.1. The van der Waals surface area contributed by atoms with Crippen molar-refractivity contribution in [3.05, 3.63) is 70.7 Å². The minimum absolute atomic E-state index is 0.0239. The average molecular weight is 465 g/mol. The summed E-state index contributed by atoms with van der Waals surface area (Å²) in [6.07, 6.45) is 1.79. The van der Waals surface area contributed by atoms with E-state index >= 15 is 0 Å². The van der Waals surface area contributed by atoms with Gasteiger partial charge in [-0.15, -0.1) is 0 Å². The first-order valence-electron chi connectivity index (χ1n) is 7.84. The Bertz CT molecular complexity index is 1110. The van der Waals surface area contributed by atoms with E-state index in [0.717, 1.165) is 14.3 Å². The largest absolute Gasteiger partial charge is 0.451 e. The number of fused-ring (bicyclic) bond motifs is 1. The van der Waals surface area contributed by atoms with Crippen LogP contribution in [0.3, 0.4) is 0 Å². The van der Waals surface area contributed by atoms with E-state index in [9.17, 15) is 4.79 Å². The highest BCUT2D eigenvalue weighted by Gasteiger charge is 2.16. The van der Waals surface area contributed by atoms with Crippen LogP contribution >= 0.6 is 33.9 Å². The van der Waals surface area contributed by atoms with Crippen molar-refractivity contribution in [3.63, 3.8) is 0 Å². The van der Waals surface area contributed by atoms with E-state index in [1.165, 1.54) is 22.5 Å². The van der Waals surface area contributed by atoms with Crippen LogP contribution in [0.25, 0.3) is 6.08 Å². The Hall–Kier alpha value is -1.87. The van der Waals surface area contributed by atoms with Gasteiger partial charge in [0.25, 0.3) is 5.56 Å². The summed E-state index contributed by atoms with van der Waals surface area (Å²) in [5.74, 6) is 0.687. The van der Waals surface area contributed by atoms with Gasteiger partial charge >= 0.3 is 0 Å². The number of aryl methyl sites for hydroxylation is 2. The first-order chi connectivity index (χ1) is 12.0. The summed E-state index contributed by atoms with van der Waals surface area (Å²) in [6.45, 7) is 5.23. The Balaban J connectivity index is 1.73. The molecule has 1 aliphatic heterocycles. The fourth-order valence-corrected chi connectivity index (χ4v) is 4.32. The second kappa shape index (κ2) is 6.45. The number of aromatic nitrogens is 1. The van der Waals surface area contributed by atoms with Gasteiger partial charge in [-0.3, -0.25) is 9.36 Å². The molecule has 3 aromatic rings. The molecule has 0 bridgehead atoms. The molecule has 3 heterocycles. The van der Waals surface area contributed by atoms with E-state index in [1.807, 2.05) is 12.1 Å². The number of hydrogen-bond donors (Lipinski definition) is 0. The predicted octanol–water partition coefficient (Wildman–Crippen LogP) is 2.61. The normalized spacial score (nSPS) is 14.5. The number of thiazole rings is 1. The van der Waals surface area contributed by atoms with Gasteiger partial charge in [-0.1, -0.05) is 17.4 Å². The van der Waals surface area contributed by atoms with Crippen LogP contribution < -0.4 is 19.8 Å². The Morgan fingerprint density at radius 3 is 2.68 bits per heavy atom. The SMILES string of the molecule is Cc1cc(C)cc(N2CN=c3s/c(=C\c4ccc(I)o4)c(=O)n3C2)c1. The van der Waals surface area contributed by atoms with Gasteiger partial charge in [0.05, 0.1) is 4.53 Å². The summed E-state index contributed by atoms with van der Waals surface area (Å²) in [5.41, 5.74) is 3.49. The van der Waals surface area contributed by atoms with Crippen molar-refractivity contribution in [2.75, 3.05) is 11.6 Å². The van der Waals surface area contributed by atoms with Crippen molar-refractivity contribution in [3.8, 4) is 0 Å². The molecular formula is C18H16IN3O2S. The van der Waals surface area contributed by atoms with Crippen LogP contribution in [0.4, 0.5) is 5.69 Å². The molecule has 2 aromatic heterocycles. The van der Waals surface area contributed by atoms with Crippen LogP contribution in [-0.4, -0.2) is 11.2 Å². The van der Waals surface area contributed by atoms with Crippen molar-refractivity contribution >= 4 is 45.7 Å². The molecule has 0 aliphatic carbocycles. The van der Waals surface area contributed by atoms with Crippen LogP contribution in [0, 0.1) is 17.6 Å². The van der Waals surface area contributed by atoms with Crippen LogP contribution in [0.1, 0.15) is 16.9 Å². The van der Waals surface area contributed by atoms with Gasteiger partial charge in [-0.25, -0.2) is 4.99 Å². The zero-order valence-electron chi connectivity index (χ0n) is 13.8. The molecule has 0 amide bonds. The molecule has 0 radical (unpaired) electrons. The number of anilines is 1.